The molecule has 3 N–H and O–H groups in total. The summed E-state index contributed by atoms with van der Waals surface area (Å²) >= 11 is 0. The van der Waals surface area contributed by atoms with Crippen LogP contribution in [0.2, 0.25) is 0 Å². The number of hydrogen-bond donors (Lipinski definition) is 3. The summed E-state index contributed by atoms with van der Waals surface area (Å²) in [5, 5.41) is 11.3. The molecule has 0 bridgehead atoms. The van der Waals surface area contributed by atoms with E-state index in [1.165, 1.54) is 12.5 Å². The van der Waals surface area contributed by atoms with Crippen molar-refractivity contribution in [3.05, 3.63) is 18.2 Å². The van der Waals surface area contributed by atoms with Crippen LogP contribution in [0.15, 0.2) is 12.5 Å². The highest BCUT2D eigenvalue weighted by molar-refractivity contribution is 5.83. The number of nitrogens with zero attached hydrogens (tertiary/aromatic N) is 1. The lowest BCUT2D eigenvalue weighted by atomic mass is 10.1. The van der Waals surface area contributed by atoms with Gasteiger partial charge in [-0.3, -0.25) is 4.79 Å². The number of imidazole rings is 1. The number of H-pyrrole nitrogens is 1. The molecular weight excluding hydrogens is 276 g/mol. The lowest BCUT2D eigenvalue weighted by Gasteiger charge is -2.13. The Morgan fingerprint density at radius 3 is 2.80 bits per heavy atom. The summed E-state index contributed by atoms with van der Waals surface area (Å²) < 4.78 is 28.1. The van der Waals surface area contributed by atoms with Crippen molar-refractivity contribution in [1.82, 2.24) is 15.3 Å². The molecule has 0 saturated carbocycles. The highest BCUT2D eigenvalue weighted by Gasteiger charge is 2.20. The van der Waals surface area contributed by atoms with Gasteiger partial charge in [0.15, 0.2) is 0 Å². The maximum Gasteiger partial charge on any atom is 0.326 e. The smallest absolute Gasteiger partial charge is 0.326 e. The topological polar surface area (TPSA) is 104 Å². The van der Waals surface area contributed by atoms with Gasteiger partial charge in [-0.05, 0) is 0 Å². The molecule has 0 spiro atoms. The first kappa shape index (κ1) is 16.0. The van der Waals surface area contributed by atoms with Crippen LogP contribution in [0.3, 0.4) is 0 Å². The van der Waals surface area contributed by atoms with E-state index in [2.05, 4.69) is 20.0 Å². The molecule has 112 valence electrons. The first-order valence-corrected chi connectivity index (χ1v) is 5.84. The van der Waals surface area contributed by atoms with E-state index >= 15 is 0 Å². The summed E-state index contributed by atoms with van der Waals surface area (Å²) in [6.45, 7) is -0.934. The molecule has 7 nitrogen and oxygen atoms in total. The molecule has 0 aliphatic heterocycles. The Labute approximate surface area is 113 Å². The number of rotatable bonds is 9. The number of ether oxygens (including phenoxy) is 1. The second kappa shape index (κ2) is 8.20. The van der Waals surface area contributed by atoms with Crippen molar-refractivity contribution in [2.75, 3.05) is 13.2 Å². The van der Waals surface area contributed by atoms with Crippen molar-refractivity contribution >= 4 is 11.9 Å². The van der Waals surface area contributed by atoms with E-state index in [0.717, 1.165) is 0 Å². The van der Waals surface area contributed by atoms with E-state index in [4.69, 9.17) is 5.11 Å². The minimum Gasteiger partial charge on any atom is -0.480 e. The Kier molecular flexibility index (Phi) is 6.57. The molecular formula is C11H15F2N3O4. The van der Waals surface area contributed by atoms with Crippen molar-refractivity contribution < 1.29 is 28.2 Å². The average Bonchev–Trinajstić information content (AvgIpc) is 2.86. The van der Waals surface area contributed by atoms with E-state index in [9.17, 15) is 18.4 Å². The van der Waals surface area contributed by atoms with Crippen LogP contribution >= 0.6 is 0 Å². The Morgan fingerprint density at radius 2 is 2.25 bits per heavy atom. The number of carbonyl (C=O) groups is 2. The van der Waals surface area contributed by atoms with Gasteiger partial charge in [-0.25, -0.2) is 18.6 Å². The minimum absolute atomic E-state index is 0.0545. The fourth-order valence-corrected chi connectivity index (χ4v) is 1.42. The van der Waals surface area contributed by atoms with Crippen LogP contribution in [0.5, 0.6) is 0 Å². The highest BCUT2D eigenvalue weighted by Crippen LogP contribution is 2.00. The van der Waals surface area contributed by atoms with Crippen LogP contribution < -0.4 is 5.32 Å². The van der Waals surface area contributed by atoms with Gasteiger partial charge in [0, 0.05) is 24.7 Å². The first-order chi connectivity index (χ1) is 9.49. The maximum absolute atomic E-state index is 11.8. The Bertz CT molecular complexity index is 425. The number of carboxylic acid groups (broad SMARTS) is 1. The number of alkyl halides is 2. The third kappa shape index (κ3) is 6.23. The van der Waals surface area contributed by atoms with E-state index in [-0.39, 0.29) is 19.4 Å². The van der Waals surface area contributed by atoms with Gasteiger partial charge in [0.1, 0.15) is 12.6 Å². The third-order valence-electron chi connectivity index (χ3n) is 2.33. The molecule has 0 fully saturated rings. The molecule has 0 aromatic carbocycles. The molecule has 1 aromatic heterocycles. The molecule has 0 aliphatic carbocycles. The number of aromatic amines is 1. The Hall–Kier alpha value is -2.03. The number of nitrogens with one attached hydrogen (secondary N) is 2. The molecule has 1 unspecified atom stereocenters. The molecule has 1 heterocycles. The maximum atomic E-state index is 11.8. The number of aliphatic carboxylic acids is 1. The summed E-state index contributed by atoms with van der Waals surface area (Å²) in [6.07, 6.45) is 0.130. The summed E-state index contributed by atoms with van der Waals surface area (Å²) in [6, 6.07) is -1.11. The zero-order valence-electron chi connectivity index (χ0n) is 10.5. The van der Waals surface area contributed by atoms with Gasteiger partial charge in [0.05, 0.1) is 12.9 Å². The standard InChI is InChI=1S/C11H15F2N3O4/c12-9(13)5-20-2-1-10(17)16-8(11(18)19)3-7-4-14-6-15-7/h4,6,8-9H,1-3,5H2,(H,14,15)(H,16,17)(H,18,19). The minimum atomic E-state index is -2.59. The number of carbonyl (C=O) groups excluding carboxylic acids is 1. The van der Waals surface area contributed by atoms with E-state index in [0.29, 0.717) is 5.69 Å². The van der Waals surface area contributed by atoms with Gasteiger partial charge >= 0.3 is 5.97 Å². The predicted octanol–water partition coefficient (Wildman–Crippen LogP) is 0.193. The second-order valence-electron chi connectivity index (χ2n) is 3.96. The summed E-state index contributed by atoms with van der Waals surface area (Å²) in [4.78, 5) is 28.9. The molecule has 1 rings (SSSR count). The normalized spacial score (nSPS) is 12.3. The van der Waals surface area contributed by atoms with Gasteiger partial charge in [-0.1, -0.05) is 0 Å². The van der Waals surface area contributed by atoms with E-state index < -0.39 is 31.0 Å². The highest BCUT2D eigenvalue weighted by atomic mass is 19.3. The molecule has 0 radical (unpaired) electrons. The summed E-state index contributed by atoms with van der Waals surface area (Å²) in [5.74, 6) is -1.77. The summed E-state index contributed by atoms with van der Waals surface area (Å²) in [7, 11) is 0. The van der Waals surface area contributed by atoms with Crippen molar-refractivity contribution in [2.24, 2.45) is 0 Å². The van der Waals surface area contributed by atoms with Crippen molar-refractivity contribution in [3.8, 4) is 0 Å². The Balaban J connectivity index is 2.34. The van der Waals surface area contributed by atoms with Crippen LogP contribution in [0.4, 0.5) is 8.78 Å². The number of hydrogen-bond acceptors (Lipinski definition) is 4. The van der Waals surface area contributed by atoms with Crippen molar-refractivity contribution in [1.29, 1.82) is 0 Å². The largest absolute Gasteiger partial charge is 0.480 e. The monoisotopic (exact) mass is 291 g/mol. The van der Waals surface area contributed by atoms with Crippen molar-refractivity contribution in [3.63, 3.8) is 0 Å². The number of amides is 1. The number of carboxylic acids is 1. The fourth-order valence-electron chi connectivity index (χ4n) is 1.42. The molecule has 0 aliphatic rings. The van der Waals surface area contributed by atoms with Gasteiger partial charge < -0.3 is 20.1 Å². The lowest BCUT2D eigenvalue weighted by molar-refractivity contribution is -0.142. The third-order valence-corrected chi connectivity index (χ3v) is 2.33. The molecule has 1 atom stereocenters. The molecule has 1 amide bonds. The SMILES string of the molecule is O=C(CCOCC(F)F)NC(Cc1cnc[nH]1)C(=O)O. The predicted molar refractivity (Wildman–Crippen MR) is 63.3 cm³/mol. The summed E-state index contributed by atoms with van der Waals surface area (Å²) in [5.41, 5.74) is 0.562. The van der Waals surface area contributed by atoms with Gasteiger partial charge in [-0.2, -0.15) is 0 Å². The zero-order chi connectivity index (χ0) is 15.0. The Morgan fingerprint density at radius 1 is 1.50 bits per heavy atom. The fraction of sp³-hybridized carbons (Fsp3) is 0.545. The van der Waals surface area contributed by atoms with Crippen LogP contribution in [-0.4, -0.2) is 52.6 Å². The first-order valence-electron chi connectivity index (χ1n) is 5.84. The van der Waals surface area contributed by atoms with Crippen molar-refractivity contribution in [2.45, 2.75) is 25.3 Å². The number of halogens is 2. The van der Waals surface area contributed by atoms with E-state index in [1.807, 2.05) is 0 Å². The molecule has 1 aromatic rings. The number of aromatic nitrogens is 2. The van der Waals surface area contributed by atoms with Gasteiger partial charge in [0.25, 0.3) is 6.43 Å². The van der Waals surface area contributed by atoms with Crippen LogP contribution in [0.1, 0.15) is 12.1 Å². The quantitative estimate of drug-likeness (QED) is 0.564. The van der Waals surface area contributed by atoms with Gasteiger partial charge in [0.2, 0.25) is 5.91 Å². The second-order valence-corrected chi connectivity index (χ2v) is 3.96. The van der Waals surface area contributed by atoms with E-state index in [1.54, 1.807) is 0 Å². The average molecular weight is 291 g/mol. The molecule has 20 heavy (non-hydrogen) atoms. The van der Waals surface area contributed by atoms with Crippen LogP contribution in [0.25, 0.3) is 0 Å². The molecule has 0 saturated heterocycles. The zero-order valence-corrected chi connectivity index (χ0v) is 10.5. The molecule has 9 heteroatoms. The van der Waals surface area contributed by atoms with Crippen LogP contribution in [0, 0.1) is 0 Å². The van der Waals surface area contributed by atoms with Crippen LogP contribution in [-0.2, 0) is 20.7 Å². The van der Waals surface area contributed by atoms with Gasteiger partial charge in [-0.15, -0.1) is 0 Å². The lowest BCUT2D eigenvalue weighted by Crippen LogP contribution is -2.42.